The molecule has 0 bridgehead atoms. The molecule has 1 heterocycles. The monoisotopic (exact) mass is 234 g/mol. The second-order valence-electron chi connectivity index (χ2n) is 4.80. The molecule has 0 unspecified atom stereocenters. The molecule has 5 heteroatoms. The van der Waals surface area contributed by atoms with E-state index in [1.54, 1.807) is 4.31 Å². The summed E-state index contributed by atoms with van der Waals surface area (Å²) in [5.74, 6) is 0. The van der Waals surface area contributed by atoms with Gasteiger partial charge in [0, 0.05) is 18.6 Å². The molecule has 0 radical (unpaired) electrons. The van der Waals surface area contributed by atoms with Gasteiger partial charge in [-0.05, 0) is 33.1 Å². The standard InChI is InChI=1S/C10H22N2O2S/c1-4-10(2,3)11-15(13,14)12-8-6-5-7-9-12/h11H,4-9H2,1-3H3. The lowest BCUT2D eigenvalue weighted by molar-refractivity contribution is 0.328. The fraction of sp³-hybridized carbons (Fsp3) is 1.00. The van der Waals surface area contributed by atoms with Crippen molar-refractivity contribution >= 4 is 10.2 Å². The largest absolute Gasteiger partial charge is 0.279 e. The first-order chi connectivity index (χ1) is 6.87. The SMILES string of the molecule is CCC(C)(C)NS(=O)(=O)N1CCCCC1. The van der Waals surface area contributed by atoms with Crippen LogP contribution in [0.3, 0.4) is 0 Å². The van der Waals surface area contributed by atoms with Gasteiger partial charge < -0.3 is 0 Å². The third kappa shape index (κ3) is 3.74. The molecule has 0 amide bonds. The lowest BCUT2D eigenvalue weighted by Gasteiger charge is -2.31. The Balaban J connectivity index is 2.65. The molecule has 0 aromatic rings. The number of nitrogens with one attached hydrogen (secondary N) is 1. The Labute approximate surface area is 93.2 Å². The lowest BCUT2D eigenvalue weighted by Crippen LogP contribution is -2.51. The molecule has 0 saturated carbocycles. The summed E-state index contributed by atoms with van der Waals surface area (Å²) in [7, 11) is -3.27. The van der Waals surface area contributed by atoms with E-state index < -0.39 is 10.2 Å². The maximum absolute atomic E-state index is 12.0. The number of hydrogen-bond donors (Lipinski definition) is 1. The van der Waals surface area contributed by atoms with Gasteiger partial charge in [0.15, 0.2) is 0 Å². The van der Waals surface area contributed by atoms with Crippen molar-refractivity contribution in [2.24, 2.45) is 0 Å². The van der Waals surface area contributed by atoms with Gasteiger partial charge in [-0.15, -0.1) is 0 Å². The number of hydrogen-bond acceptors (Lipinski definition) is 2. The maximum atomic E-state index is 12.0. The smallest absolute Gasteiger partial charge is 0.197 e. The lowest BCUT2D eigenvalue weighted by atomic mass is 10.0. The fourth-order valence-electron chi connectivity index (χ4n) is 1.59. The highest BCUT2D eigenvalue weighted by molar-refractivity contribution is 7.87. The Morgan fingerprint density at radius 2 is 1.73 bits per heavy atom. The molecule has 1 aliphatic rings. The van der Waals surface area contributed by atoms with Crippen LogP contribution in [0, 0.1) is 0 Å². The second kappa shape index (κ2) is 4.80. The topological polar surface area (TPSA) is 49.4 Å². The zero-order valence-corrected chi connectivity index (χ0v) is 10.7. The molecule has 1 N–H and O–H groups in total. The Morgan fingerprint density at radius 3 is 2.20 bits per heavy atom. The van der Waals surface area contributed by atoms with Gasteiger partial charge in [0.1, 0.15) is 0 Å². The minimum Gasteiger partial charge on any atom is -0.197 e. The molecular formula is C10H22N2O2S. The first-order valence-electron chi connectivity index (χ1n) is 5.66. The quantitative estimate of drug-likeness (QED) is 0.801. The molecule has 1 fully saturated rings. The van der Waals surface area contributed by atoms with E-state index in [1.165, 1.54) is 0 Å². The Bertz CT molecular complexity index is 293. The molecule has 1 saturated heterocycles. The molecule has 0 aromatic heterocycles. The first-order valence-corrected chi connectivity index (χ1v) is 7.10. The van der Waals surface area contributed by atoms with Crippen LogP contribution in [0.2, 0.25) is 0 Å². The first kappa shape index (κ1) is 12.9. The zero-order valence-electron chi connectivity index (χ0n) is 9.91. The third-order valence-electron chi connectivity index (χ3n) is 2.94. The van der Waals surface area contributed by atoms with Crippen LogP contribution < -0.4 is 4.72 Å². The molecule has 0 spiro atoms. The van der Waals surface area contributed by atoms with Crippen molar-refractivity contribution in [1.82, 2.24) is 9.03 Å². The highest BCUT2D eigenvalue weighted by atomic mass is 32.2. The van der Waals surface area contributed by atoms with Crippen molar-refractivity contribution in [2.75, 3.05) is 13.1 Å². The predicted octanol–water partition coefficient (Wildman–Crippen LogP) is 1.50. The molecular weight excluding hydrogens is 212 g/mol. The molecule has 0 atom stereocenters. The minimum absolute atomic E-state index is 0.351. The van der Waals surface area contributed by atoms with Crippen molar-refractivity contribution in [1.29, 1.82) is 0 Å². The summed E-state index contributed by atoms with van der Waals surface area (Å²) in [4.78, 5) is 0. The molecule has 0 aliphatic carbocycles. The van der Waals surface area contributed by atoms with E-state index >= 15 is 0 Å². The molecule has 15 heavy (non-hydrogen) atoms. The third-order valence-corrected chi connectivity index (χ3v) is 4.80. The summed E-state index contributed by atoms with van der Waals surface area (Å²) in [5, 5.41) is 0. The number of piperidine rings is 1. The van der Waals surface area contributed by atoms with E-state index in [-0.39, 0.29) is 5.54 Å². The van der Waals surface area contributed by atoms with Crippen molar-refractivity contribution in [2.45, 2.75) is 52.0 Å². The van der Waals surface area contributed by atoms with Gasteiger partial charge in [0.25, 0.3) is 10.2 Å². The van der Waals surface area contributed by atoms with Crippen LogP contribution in [0.4, 0.5) is 0 Å². The van der Waals surface area contributed by atoms with Gasteiger partial charge in [0.05, 0.1) is 0 Å². The van der Waals surface area contributed by atoms with Gasteiger partial charge in [-0.25, -0.2) is 0 Å². The Hall–Kier alpha value is -0.130. The Morgan fingerprint density at radius 1 is 1.20 bits per heavy atom. The average molecular weight is 234 g/mol. The van der Waals surface area contributed by atoms with Crippen LogP contribution in [0.25, 0.3) is 0 Å². The summed E-state index contributed by atoms with van der Waals surface area (Å²) in [6, 6.07) is 0. The predicted molar refractivity (Wildman–Crippen MR) is 61.8 cm³/mol. The Kier molecular flexibility index (Phi) is 4.14. The summed E-state index contributed by atoms with van der Waals surface area (Å²) >= 11 is 0. The van der Waals surface area contributed by atoms with Gasteiger partial charge in [-0.2, -0.15) is 17.4 Å². The summed E-state index contributed by atoms with van der Waals surface area (Å²) < 4.78 is 28.3. The number of nitrogens with zero attached hydrogens (tertiary/aromatic N) is 1. The van der Waals surface area contributed by atoms with Crippen LogP contribution >= 0.6 is 0 Å². The van der Waals surface area contributed by atoms with E-state index in [0.717, 1.165) is 25.7 Å². The molecule has 1 aliphatic heterocycles. The van der Waals surface area contributed by atoms with Crippen molar-refractivity contribution in [3.8, 4) is 0 Å². The van der Waals surface area contributed by atoms with Crippen LogP contribution in [0.5, 0.6) is 0 Å². The average Bonchev–Trinajstić information content (AvgIpc) is 2.18. The summed E-state index contributed by atoms with van der Waals surface area (Å²) in [6.07, 6.45) is 3.89. The molecule has 0 aromatic carbocycles. The van der Waals surface area contributed by atoms with Crippen LogP contribution in [-0.2, 0) is 10.2 Å². The van der Waals surface area contributed by atoms with Gasteiger partial charge in [-0.1, -0.05) is 13.3 Å². The van der Waals surface area contributed by atoms with Crippen LogP contribution in [0.15, 0.2) is 0 Å². The summed E-state index contributed by atoms with van der Waals surface area (Å²) in [5.41, 5.74) is -0.351. The molecule has 4 nitrogen and oxygen atoms in total. The molecule has 1 rings (SSSR count). The van der Waals surface area contributed by atoms with Crippen molar-refractivity contribution < 1.29 is 8.42 Å². The second-order valence-corrected chi connectivity index (χ2v) is 6.47. The highest BCUT2D eigenvalue weighted by Crippen LogP contribution is 2.15. The summed E-state index contributed by atoms with van der Waals surface area (Å²) in [6.45, 7) is 7.13. The highest BCUT2D eigenvalue weighted by Gasteiger charge is 2.29. The van der Waals surface area contributed by atoms with E-state index in [0.29, 0.717) is 13.1 Å². The van der Waals surface area contributed by atoms with E-state index in [1.807, 2.05) is 20.8 Å². The van der Waals surface area contributed by atoms with Crippen molar-refractivity contribution in [3.05, 3.63) is 0 Å². The van der Waals surface area contributed by atoms with Crippen LogP contribution in [0.1, 0.15) is 46.5 Å². The van der Waals surface area contributed by atoms with Crippen LogP contribution in [-0.4, -0.2) is 31.4 Å². The zero-order chi connectivity index (χ0) is 11.5. The minimum atomic E-state index is -3.27. The van der Waals surface area contributed by atoms with Gasteiger partial charge in [0.2, 0.25) is 0 Å². The van der Waals surface area contributed by atoms with Gasteiger partial charge in [-0.3, -0.25) is 0 Å². The molecule has 90 valence electrons. The fourth-order valence-corrected chi connectivity index (χ4v) is 3.30. The maximum Gasteiger partial charge on any atom is 0.279 e. The van der Waals surface area contributed by atoms with Gasteiger partial charge >= 0.3 is 0 Å². The van der Waals surface area contributed by atoms with E-state index in [4.69, 9.17) is 0 Å². The van der Waals surface area contributed by atoms with E-state index in [2.05, 4.69) is 4.72 Å². The van der Waals surface area contributed by atoms with E-state index in [9.17, 15) is 8.42 Å². The normalized spacial score (nSPS) is 20.5. The number of rotatable bonds is 4. The van der Waals surface area contributed by atoms with Crippen molar-refractivity contribution in [3.63, 3.8) is 0 Å².